The maximum absolute atomic E-state index is 11.1. The van der Waals surface area contributed by atoms with Crippen molar-refractivity contribution in [3.8, 4) is 0 Å². The summed E-state index contributed by atoms with van der Waals surface area (Å²) in [5, 5.41) is 2.91. The summed E-state index contributed by atoms with van der Waals surface area (Å²) >= 11 is 0. The first-order valence-electron chi connectivity index (χ1n) is 4.37. The predicted octanol–water partition coefficient (Wildman–Crippen LogP) is 0.817. The number of rotatable bonds is 0. The zero-order valence-electron chi connectivity index (χ0n) is 7.22. The summed E-state index contributed by atoms with van der Waals surface area (Å²) in [4.78, 5) is 11.1. The Hall–Kier alpha value is -0.830. The second-order valence-corrected chi connectivity index (χ2v) is 3.46. The van der Waals surface area contributed by atoms with Gasteiger partial charge >= 0.3 is 0 Å². The van der Waals surface area contributed by atoms with Crippen molar-refractivity contribution in [1.29, 1.82) is 0 Å². The summed E-state index contributed by atoms with van der Waals surface area (Å²) < 4.78 is 5.34. The maximum Gasteiger partial charge on any atom is 0.224 e. The third-order valence-corrected chi connectivity index (χ3v) is 2.52. The lowest BCUT2D eigenvalue weighted by molar-refractivity contribution is -0.121. The van der Waals surface area contributed by atoms with E-state index in [-0.39, 0.29) is 5.91 Å². The lowest BCUT2D eigenvalue weighted by Crippen LogP contribution is -2.36. The molecule has 0 aromatic rings. The Bertz CT molecular complexity index is 245. The first-order valence-corrected chi connectivity index (χ1v) is 4.37. The van der Waals surface area contributed by atoms with Gasteiger partial charge in [0.05, 0.1) is 13.2 Å². The van der Waals surface area contributed by atoms with Crippen LogP contribution in [-0.2, 0) is 9.53 Å². The van der Waals surface area contributed by atoms with Crippen LogP contribution in [0.4, 0.5) is 0 Å². The largest absolute Gasteiger partial charge is 0.377 e. The van der Waals surface area contributed by atoms with Gasteiger partial charge in [0.15, 0.2) is 0 Å². The zero-order chi connectivity index (χ0) is 8.55. The fraction of sp³-hybridized carbons (Fsp3) is 0.667. The van der Waals surface area contributed by atoms with Crippen LogP contribution >= 0.6 is 0 Å². The summed E-state index contributed by atoms with van der Waals surface area (Å²) in [5.41, 5.74) is 2.41. The van der Waals surface area contributed by atoms with Gasteiger partial charge in [-0.2, -0.15) is 0 Å². The molecule has 2 aliphatic heterocycles. The predicted molar refractivity (Wildman–Crippen MR) is 44.4 cm³/mol. The molecular formula is C9H13NO2. The number of hydrogen-bond acceptors (Lipinski definition) is 2. The number of amides is 1. The van der Waals surface area contributed by atoms with E-state index in [1.807, 2.05) is 0 Å². The van der Waals surface area contributed by atoms with Crippen LogP contribution in [0.5, 0.6) is 0 Å². The molecule has 0 spiro atoms. The molecule has 1 unspecified atom stereocenters. The van der Waals surface area contributed by atoms with Gasteiger partial charge in [-0.1, -0.05) is 6.92 Å². The van der Waals surface area contributed by atoms with E-state index in [0.717, 1.165) is 18.7 Å². The van der Waals surface area contributed by atoms with Gasteiger partial charge in [-0.25, -0.2) is 0 Å². The molecular weight excluding hydrogens is 154 g/mol. The Morgan fingerprint density at radius 3 is 3.25 bits per heavy atom. The van der Waals surface area contributed by atoms with E-state index in [1.54, 1.807) is 0 Å². The molecule has 0 fully saturated rings. The molecule has 0 bridgehead atoms. The number of ether oxygens (including phenoxy) is 1. The van der Waals surface area contributed by atoms with Gasteiger partial charge in [0.1, 0.15) is 0 Å². The lowest BCUT2D eigenvalue weighted by Gasteiger charge is -2.29. The molecule has 2 heterocycles. The Morgan fingerprint density at radius 1 is 1.58 bits per heavy atom. The molecule has 1 amide bonds. The number of nitrogens with one attached hydrogen (secondary N) is 1. The minimum atomic E-state index is 0.156. The normalized spacial score (nSPS) is 29.8. The van der Waals surface area contributed by atoms with Crippen molar-refractivity contribution in [3.05, 3.63) is 11.3 Å². The monoisotopic (exact) mass is 167 g/mol. The summed E-state index contributed by atoms with van der Waals surface area (Å²) in [5.74, 6) is 0.525. The number of hydrogen-bond donors (Lipinski definition) is 1. The van der Waals surface area contributed by atoms with Crippen molar-refractivity contribution in [1.82, 2.24) is 5.32 Å². The third-order valence-electron chi connectivity index (χ3n) is 2.52. The summed E-state index contributed by atoms with van der Waals surface area (Å²) in [6.45, 7) is 3.53. The van der Waals surface area contributed by atoms with Crippen molar-refractivity contribution in [2.24, 2.45) is 5.92 Å². The molecule has 1 N–H and O–H groups in total. The van der Waals surface area contributed by atoms with E-state index in [9.17, 15) is 4.79 Å². The lowest BCUT2D eigenvalue weighted by atomic mass is 9.90. The molecule has 2 rings (SSSR count). The second kappa shape index (κ2) is 2.90. The summed E-state index contributed by atoms with van der Waals surface area (Å²) in [7, 11) is 0. The topological polar surface area (TPSA) is 38.3 Å². The van der Waals surface area contributed by atoms with E-state index in [0.29, 0.717) is 18.9 Å². The van der Waals surface area contributed by atoms with Crippen molar-refractivity contribution in [3.63, 3.8) is 0 Å². The first-order chi connectivity index (χ1) is 5.77. The Kier molecular flexibility index (Phi) is 1.89. The highest BCUT2D eigenvalue weighted by Gasteiger charge is 2.26. The van der Waals surface area contributed by atoms with E-state index in [1.165, 1.54) is 5.57 Å². The Labute approximate surface area is 71.8 Å². The summed E-state index contributed by atoms with van der Waals surface area (Å²) in [6, 6.07) is 0. The fourth-order valence-electron chi connectivity index (χ4n) is 1.81. The highest BCUT2D eigenvalue weighted by Crippen LogP contribution is 2.26. The highest BCUT2D eigenvalue weighted by molar-refractivity contribution is 5.80. The van der Waals surface area contributed by atoms with Gasteiger partial charge in [0, 0.05) is 18.5 Å². The molecule has 0 radical (unpaired) electrons. The van der Waals surface area contributed by atoms with E-state index in [4.69, 9.17) is 4.74 Å². The van der Waals surface area contributed by atoms with Gasteiger partial charge in [-0.15, -0.1) is 0 Å². The summed E-state index contributed by atoms with van der Waals surface area (Å²) in [6.07, 6.45) is 1.48. The molecule has 0 saturated heterocycles. The van der Waals surface area contributed by atoms with Gasteiger partial charge < -0.3 is 10.1 Å². The molecule has 0 aromatic carbocycles. The molecule has 2 aliphatic rings. The maximum atomic E-state index is 11.1. The minimum absolute atomic E-state index is 0.156. The van der Waals surface area contributed by atoms with Gasteiger partial charge in [-0.05, 0) is 11.5 Å². The molecule has 1 atom stereocenters. The minimum Gasteiger partial charge on any atom is -0.377 e. The van der Waals surface area contributed by atoms with Crippen molar-refractivity contribution in [2.75, 3.05) is 13.2 Å². The second-order valence-electron chi connectivity index (χ2n) is 3.46. The van der Waals surface area contributed by atoms with E-state index in [2.05, 4.69) is 12.2 Å². The third kappa shape index (κ3) is 1.25. The van der Waals surface area contributed by atoms with Crippen LogP contribution in [0.15, 0.2) is 11.3 Å². The first kappa shape index (κ1) is 7.80. The molecule has 3 nitrogen and oxygen atoms in total. The molecule has 66 valence electrons. The smallest absolute Gasteiger partial charge is 0.224 e. The molecule has 0 aliphatic carbocycles. The average Bonchev–Trinajstić information content (AvgIpc) is 2.04. The zero-order valence-corrected chi connectivity index (χ0v) is 7.22. The van der Waals surface area contributed by atoms with Gasteiger partial charge in [0.2, 0.25) is 5.91 Å². The molecule has 0 aromatic heterocycles. The quantitative estimate of drug-likeness (QED) is 0.580. The van der Waals surface area contributed by atoms with Crippen molar-refractivity contribution >= 4 is 5.91 Å². The average molecular weight is 167 g/mol. The van der Waals surface area contributed by atoms with Crippen molar-refractivity contribution < 1.29 is 9.53 Å². The van der Waals surface area contributed by atoms with Crippen molar-refractivity contribution in [2.45, 2.75) is 19.8 Å². The molecule has 3 heteroatoms. The van der Waals surface area contributed by atoms with E-state index < -0.39 is 0 Å². The number of carbonyl (C=O) groups excluding carboxylic acids is 1. The number of carbonyl (C=O) groups is 1. The van der Waals surface area contributed by atoms with Gasteiger partial charge in [-0.3, -0.25) is 4.79 Å². The Morgan fingerprint density at radius 2 is 2.42 bits per heavy atom. The highest BCUT2D eigenvalue weighted by atomic mass is 16.5. The van der Waals surface area contributed by atoms with Crippen LogP contribution in [0, 0.1) is 5.92 Å². The van der Waals surface area contributed by atoms with Crippen LogP contribution in [0.25, 0.3) is 0 Å². The van der Waals surface area contributed by atoms with Gasteiger partial charge in [0.25, 0.3) is 0 Å². The van der Waals surface area contributed by atoms with Crippen LogP contribution in [-0.4, -0.2) is 19.1 Å². The van der Waals surface area contributed by atoms with Crippen LogP contribution in [0.1, 0.15) is 19.8 Å². The molecule has 0 saturated carbocycles. The van der Waals surface area contributed by atoms with Crippen LogP contribution < -0.4 is 5.32 Å². The van der Waals surface area contributed by atoms with E-state index >= 15 is 0 Å². The van der Waals surface area contributed by atoms with Crippen LogP contribution in [0.3, 0.4) is 0 Å². The standard InChI is InChI=1S/C9H13NO2/c1-6-4-9(11)10-8-2-3-12-5-7(6)8/h6H,2-5H2,1H3,(H,10,11). The fourth-order valence-corrected chi connectivity index (χ4v) is 1.81. The SMILES string of the molecule is CC1CC(=O)NC2=C1COCC2. The van der Waals surface area contributed by atoms with Crippen LogP contribution in [0.2, 0.25) is 0 Å². The molecule has 12 heavy (non-hydrogen) atoms. The Balaban J connectivity index is 2.26.